The fraction of sp³-hybridized carbons (Fsp3) is 0.467. The van der Waals surface area contributed by atoms with Crippen LogP contribution in [0.1, 0.15) is 12.8 Å². The van der Waals surface area contributed by atoms with E-state index in [9.17, 15) is 9.59 Å². The Morgan fingerprint density at radius 1 is 1.43 bits per heavy atom. The normalized spacial score (nSPS) is 22.4. The van der Waals surface area contributed by atoms with Gasteiger partial charge in [-0.3, -0.25) is 9.59 Å². The maximum Gasteiger partial charge on any atom is 0.242 e. The summed E-state index contributed by atoms with van der Waals surface area (Å²) in [6.07, 6.45) is 1.51. The van der Waals surface area contributed by atoms with E-state index in [4.69, 9.17) is 0 Å². The number of benzene rings is 1. The van der Waals surface area contributed by atoms with Crippen molar-refractivity contribution in [2.75, 3.05) is 34.8 Å². The lowest BCUT2D eigenvalue weighted by Crippen LogP contribution is -2.46. The number of thioether (sulfide) groups is 1. The van der Waals surface area contributed by atoms with E-state index < -0.39 is 0 Å². The van der Waals surface area contributed by atoms with E-state index in [0.717, 1.165) is 42.4 Å². The lowest BCUT2D eigenvalue weighted by Gasteiger charge is -2.22. The van der Waals surface area contributed by atoms with Gasteiger partial charge in [0, 0.05) is 42.4 Å². The van der Waals surface area contributed by atoms with Crippen molar-refractivity contribution in [1.82, 2.24) is 5.32 Å². The van der Waals surface area contributed by atoms with Crippen molar-refractivity contribution in [2.24, 2.45) is 0 Å². The number of nitrogens with zero attached hydrogens (tertiary/aromatic N) is 1. The van der Waals surface area contributed by atoms with Gasteiger partial charge in [-0.2, -0.15) is 11.8 Å². The molecule has 0 spiro atoms. The third-order valence-electron chi connectivity index (χ3n) is 3.74. The van der Waals surface area contributed by atoms with Gasteiger partial charge in [-0.15, -0.1) is 0 Å². The van der Waals surface area contributed by atoms with Crippen LogP contribution >= 0.6 is 11.8 Å². The van der Waals surface area contributed by atoms with Gasteiger partial charge in [0.25, 0.3) is 0 Å². The molecule has 2 N–H and O–H groups in total. The van der Waals surface area contributed by atoms with Crippen LogP contribution in [0, 0.1) is 0 Å². The van der Waals surface area contributed by atoms with Crippen LogP contribution in [0.2, 0.25) is 0 Å². The van der Waals surface area contributed by atoms with Crippen LogP contribution in [0.4, 0.5) is 11.4 Å². The molecule has 0 saturated carbocycles. The predicted octanol–water partition coefficient (Wildman–Crippen LogP) is 1.46. The zero-order valence-corrected chi connectivity index (χ0v) is 12.6. The lowest BCUT2D eigenvalue weighted by atomic mass is 10.2. The first-order chi connectivity index (χ1) is 10.2. The molecule has 112 valence electrons. The zero-order valence-electron chi connectivity index (χ0n) is 11.8. The van der Waals surface area contributed by atoms with Gasteiger partial charge < -0.3 is 15.5 Å². The molecule has 3 rings (SSSR count). The fourth-order valence-electron chi connectivity index (χ4n) is 2.64. The summed E-state index contributed by atoms with van der Waals surface area (Å²) in [7, 11) is 0. The molecule has 2 heterocycles. The summed E-state index contributed by atoms with van der Waals surface area (Å²) in [5.74, 6) is 2.00. The second kappa shape index (κ2) is 6.49. The molecule has 0 radical (unpaired) electrons. The highest BCUT2D eigenvalue weighted by atomic mass is 32.2. The Labute approximate surface area is 128 Å². The highest BCUT2D eigenvalue weighted by Crippen LogP contribution is 2.24. The number of amides is 2. The van der Waals surface area contributed by atoms with Gasteiger partial charge in [0.15, 0.2) is 0 Å². The minimum atomic E-state index is -0.138. The van der Waals surface area contributed by atoms with Gasteiger partial charge in [-0.25, -0.2) is 0 Å². The number of rotatable bonds is 3. The number of hydrogen-bond donors (Lipinski definition) is 2. The van der Waals surface area contributed by atoms with E-state index in [0.29, 0.717) is 6.42 Å². The summed E-state index contributed by atoms with van der Waals surface area (Å²) in [6, 6.07) is 7.38. The molecule has 1 atom stereocenters. The minimum absolute atomic E-state index is 0.00732. The van der Waals surface area contributed by atoms with E-state index in [2.05, 4.69) is 10.6 Å². The SMILES string of the molecule is O=C(Nc1cccc(N2CCCC2=O)c1)C1CSCCN1. The van der Waals surface area contributed by atoms with Crippen molar-refractivity contribution in [3.63, 3.8) is 0 Å². The average molecular weight is 305 g/mol. The first kappa shape index (κ1) is 14.4. The number of nitrogens with one attached hydrogen (secondary N) is 2. The smallest absolute Gasteiger partial charge is 0.242 e. The van der Waals surface area contributed by atoms with Crippen molar-refractivity contribution < 1.29 is 9.59 Å². The lowest BCUT2D eigenvalue weighted by molar-refractivity contribution is -0.118. The molecule has 0 bridgehead atoms. The molecule has 0 aliphatic carbocycles. The first-order valence-electron chi connectivity index (χ1n) is 7.26. The van der Waals surface area contributed by atoms with Crippen LogP contribution in [0.3, 0.4) is 0 Å². The topological polar surface area (TPSA) is 61.4 Å². The van der Waals surface area contributed by atoms with Crippen molar-refractivity contribution in [3.05, 3.63) is 24.3 Å². The summed E-state index contributed by atoms with van der Waals surface area (Å²) in [4.78, 5) is 25.8. The van der Waals surface area contributed by atoms with Crippen molar-refractivity contribution in [3.8, 4) is 0 Å². The van der Waals surface area contributed by atoms with E-state index in [-0.39, 0.29) is 17.9 Å². The molecule has 1 aromatic carbocycles. The van der Waals surface area contributed by atoms with Crippen molar-refractivity contribution in [1.29, 1.82) is 0 Å². The summed E-state index contributed by atoms with van der Waals surface area (Å²) >= 11 is 1.79. The third kappa shape index (κ3) is 3.39. The van der Waals surface area contributed by atoms with Crippen LogP contribution in [-0.4, -0.2) is 42.5 Å². The third-order valence-corrected chi connectivity index (χ3v) is 4.80. The molecule has 1 aromatic rings. The van der Waals surface area contributed by atoms with Crippen molar-refractivity contribution in [2.45, 2.75) is 18.9 Å². The number of anilines is 2. The van der Waals surface area contributed by atoms with E-state index in [1.807, 2.05) is 24.3 Å². The Bertz CT molecular complexity index is 543. The molecule has 2 fully saturated rings. The van der Waals surface area contributed by atoms with Crippen LogP contribution in [0.25, 0.3) is 0 Å². The summed E-state index contributed by atoms with van der Waals surface area (Å²) in [6.45, 7) is 1.63. The van der Waals surface area contributed by atoms with E-state index in [1.54, 1.807) is 16.7 Å². The Balaban J connectivity index is 1.68. The molecule has 6 heteroatoms. The molecule has 21 heavy (non-hydrogen) atoms. The molecular formula is C15H19N3O2S. The molecular weight excluding hydrogens is 286 g/mol. The first-order valence-corrected chi connectivity index (χ1v) is 8.42. The van der Waals surface area contributed by atoms with E-state index >= 15 is 0 Å². The summed E-state index contributed by atoms with van der Waals surface area (Å²) in [5.41, 5.74) is 1.61. The maximum absolute atomic E-state index is 12.2. The fourth-order valence-corrected chi connectivity index (χ4v) is 3.57. The standard InChI is InChI=1S/C15H19N3O2S/c19-14-5-2-7-18(14)12-4-1-3-11(9-12)17-15(20)13-10-21-8-6-16-13/h1,3-4,9,13,16H,2,5-8,10H2,(H,17,20). The van der Waals surface area contributed by atoms with Crippen molar-refractivity contribution >= 4 is 35.0 Å². The summed E-state index contributed by atoms with van der Waals surface area (Å²) < 4.78 is 0. The predicted molar refractivity (Wildman–Crippen MR) is 85.8 cm³/mol. The van der Waals surface area contributed by atoms with Gasteiger partial charge in [-0.1, -0.05) is 6.07 Å². The molecule has 2 aliphatic rings. The molecule has 2 amide bonds. The number of hydrogen-bond acceptors (Lipinski definition) is 4. The Hall–Kier alpha value is -1.53. The molecule has 2 saturated heterocycles. The van der Waals surface area contributed by atoms with Gasteiger partial charge in [-0.05, 0) is 24.6 Å². The average Bonchev–Trinajstić information content (AvgIpc) is 2.94. The largest absolute Gasteiger partial charge is 0.325 e. The van der Waals surface area contributed by atoms with Crippen LogP contribution in [0.15, 0.2) is 24.3 Å². The Kier molecular flexibility index (Phi) is 4.45. The monoisotopic (exact) mass is 305 g/mol. The summed E-state index contributed by atoms with van der Waals surface area (Å²) in [5, 5.41) is 6.16. The highest BCUT2D eigenvalue weighted by molar-refractivity contribution is 7.99. The van der Waals surface area contributed by atoms with E-state index in [1.165, 1.54) is 0 Å². The van der Waals surface area contributed by atoms with Gasteiger partial charge >= 0.3 is 0 Å². The highest BCUT2D eigenvalue weighted by Gasteiger charge is 2.23. The second-order valence-electron chi connectivity index (χ2n) is 5.27. The van der Waals surface area contributed by atoms with Gasteiger partial charge in [0.05, 0.1) is 6.04 Å². The zero-order chi connectivity index (χ0) is 14.7. The van der Waals surface area contributed by atoms with Crippen LogP contribution < -0.4 is 15.5 Å². The van der Waals surface area contributed by atoms with Gasteiger partial charge in [0.2, 0.25) is 11.8 Å². The Morgan fingerprint density at radius 3 is 3.05 bits per heavy atom. The molecule has 5 nitrogen and oxygen atoms in total. The Morgan fingerprint density at radius 2 is 2.33 bits per heavy atom. The van der Waals surface area contributed by atoms with Crippen LogP contribution in [-0.2, 0) is 9.59 Å². The second-order valence-corrected chi connectivity index (χ2v) is 6.42. The quantitative estimate of drug-likeness (QED) is 0.887. The van der Waals surface area contributed by atoms with Gasteiger partial charge in [0.1, 0.15) is 0 Å². The number of carbonyl (C=O) groups excluding carboxylic acids is 2. The number of carbonyl (C=O) groups is 2. The molecule has 2 aliphatic heterocycles. The van der Waals surface area contributed by atoms with Crippen LogP contribution in [0.5, 0.6) is 0 Å². The minimum Gasteiger partial charge on any atom is -0.325 e. The molecule has 0 aromatic heterocycles. The maximum atomic E-state index is 12.2. The molecule has 1 unspecified atom stereocenters.